The van der Waals surface area contributed by atoms with Crippen molar-refractivity contribution in [1.82, 2.24) is 14.8 Å². The number of rotatable bonds is 7. The molecule has 0 radical (unpaired) electrons. The molecule has 1 aromatic carbocycles. The number of anilines is 1. The molecule has 4 rings (SSSR count). The first-order valence-corrected chi connectivity index (χ1v) is 10.2. The Morgan fingerprint density at radius 3 is 2.64 bits per heavy atom. The molecule has 3 heterocycles. The zero-order valence-corrected chi connectivity index (χ0v) is 16.4. The molecular formula is C20H21FN4O2S. The van der Waals surface area contributed by atoms with Crippen LogP contribution in [0, 0.1) is 5.82 Å². The summed E-state index contributed by atoms with van der Waals surface area (Å²) >= 11 is 1.36. The highest BCUT2D eigenvalue weighted by Crippen LogP contribution is 2.29. The minimum Gasteiger partial charge on any atom is -0.467 e. The van der Waals surface area contributed by atoms with E-state index in [0.29, 0.717) is 17.3 Å². The molecule has 0 amide bonds. The fourth-order valence-electron chi connectivity index (χ4n) is 3.28. The Hall–Kier alpha value is -2.61. The first-order valence-electron chi connectivity index (χ1n) is 9.29. The molecule has 0 aliphatic carbocycles. The molecular weight excluding hydrogens is 379 g/mol. The first kappa shape index (κ1) is 18.7. The number of aromatic nitrogens is 3. The Labute approximate surface area is 166 Å². The SMILES string of the molecule is CC(Sc1nnc(N2CCCC2)n1Cc1ccco1)C(=O)c1ccc(F)cc1. The molecule has 1 saturated heterocycles. The number of benzene rings is 1. The molecule has 1 aliphatic rings. The van der Waals surface area contributed by atoms with Gasteiger partial charge in [-0.05, 0) is 56.2 Å². The highest BCUT2D eigenvalue weighted by atomic mass is 32.2. The molecule has 0 saturated carbocycles. The van der Waals surface area contributed by atoms with Crippen molar-refractivity contribution >= 4 is 23.5 Å². The van der Waals surface area contributed by atoms with Crippen molar-refractivity contribution < 1.29 is 13.6 Å². The minimum atomic E-state index is -0.378. The average Bonchev–Trinajstić information content (AvgIpc) is 3.45. The van der Waals surface area contributed by atoms with Crippen molar-refractivity contribution in [3.05, 3.63) is 59.8 Å². The Kier molecular flexibility index (Phi) is 5.47. The fourth-order valence-corrected chi connectivity index (χ4v) is 4.20. The molecule has 146 valence electrons. The molecule has 0 N–H and O–H groups in total. The van der Waals surface area contributed by atoms with Gasteiger partial charge in [-0.2, -0.15) is 0 Å². The number of carbonyl (C=O) groups is 1. The largest absolute Gasteiger partial charge is 0.467 e. The van der Waals surface area contributed by atoms with Crippen LogP contribution in [0.3, 0.4) is 0 Å². The van der Waals surface area contributed by atoms with Gasteiger partial charge in [0, 0.05) is 18.7 Å². The second-order valence-corrected chi connectivity index (χ2v) is 8.08. The van der Waals surface area contributed by atoms with Crippen LogP contribution in [0.1, 0.15) is 35.9 Å². The summed E-state index contributed by atoms with van der Waals surface area (Å²) in [4.78, 5) is 14.9. The van der Waals surface area contributed by atoms with Crippen molar-refractivity contribution in [3.63, 3.8) is 0 Å². The zero-order chi connectivity index (χ0) is 19.5. The molecule has 8 heteroatoms. The maximum atomic E-state index is 13.1. The zero-order valence-electron chi connectivity index (χ0n) is 15.5. The van der Waals surface area contributed by atoms with Gasteiger partial charge in [0.25, 0.3) is 0 Å². The average molecular weight is 400 g/mol. The molecule has 28 heavy (non-hydrogen) atoms. The molecule has 2 aromatic heterocycles. The fraction of sp³-hybridized carbons (Fsp3) is 0.350. The van der Waals surface area contributed by atoms with Gasteiger partial charge in [0.05, 0.1) is 18.1 Å². The maximum Gasteiger partial charge on any atom is 0.228 e. The van der Waals surface area contributed by atoms with Crippen molar-refractivity contribution in [2.45, 2.75) is 36.7 Å². The first-order chi connectivity index (χ1) is 13.6. The van der Waals surface area contributed by atoms with Crippen LogP contribution in [-0.4, -0.2) is 38.9 Å². The van der Waals surface area contributed by atoms with Gasteiger partial charge >= 0.3 is 0 Å². The van der Waals surface area contributed by atoms with E-state index in [1.54, 1.807) is 6.26 Å². The molecule has 6 nitrogen and oxygen atoms in total. The lowest BCUT2D eigenvalue weighted by Gasteiger charge is -2.18. The molecule has 0 spiro atoms. The number of nitrogens with zero attached hydrogens (tertiary/aromatic N) is 4. The van der Waals surface area contributed by atoms with E-state index < -0.39 is 0 Å². The summed E-state index contributed by atoms with van der Waals surface area (Å²) in [7, 11) is 0. The number of thioether (sulfide) groups is 1. The highest BCUT2D eigenvalue weighted by Gasteiger charge is 2.25. The number of halogens is 1. The Morgan fingerprint density at radius 1 is 1.21 bits per heavy atom. The number of carbonyl (C=O) groups excluding carboxylic acids is 1. The monoisotopic (exact) mass is 400 g/mol. The Morgan fingerprint density at radius 2 is 1.96 bits per heavy atom. The Balaban J connectivity index is 1.57. The third-order valence-electron chi connectivity index (χ3n) is 4.76. The molecule has 1 aliphatic heterocycles. The van der Waals surface area contributed by atoms with Crippen molar-refractivity contribution in [1.29, 1.82) is 0 Å². The number of Topliss-reactive ketones (excluding diaryl/α,β-unsaturated/α-hetero) is 1. The summed E-state index contributed by atoms with van der Waals surface area (Å²) in [5, 5.41) is 9.03. The summed E-state index contributed by atoms with van der Waals surface area (Å²) in [6.07, 6.45) is 3.91. The van der Waals surface area contributed by atoms with E-state index in [9.17, 15) is 9.18 Å². The second-order valence-electron chi connectivity index (χ2n) is 6.77. The predicted molar refractivity (Wildman–Crippen MR) is 105 cm³/mol. The highest BCUT2D eigenvalue weighted by molar-refractivity contribution is 8.00. The Bertz CT molecular complexity index is 934. The van der Waals surface area contributed by atoms with Crippen LogP contribution < -0.4 is 4.90 Å². The van der Waals surface area contributed by atoms with Crippen LogP contribution in [0.4, 0.5) is 10.3 Å². The lowest BCUT2D eigenvalue weighted by Crippen LogP contribution is -2.23. The van der Waals surface area contributed by atoms with Crippen molar-refractivity contribution in [3.8, 4) is 0 Å². The molecule has 0 bridgehead atoms. The van der Waals surface area contributed by atoms with Gasteiger partial charge in [0.1, 0.15) is 11.6 Å². The van der Waals surface area contributed by atoms with E-state index in [2.05, 4.69) is 15.1 Å². The summed E-state index contributed by atoms with van der Waals surface area (Å²) in [5.74, 6) is 1.18. The van der Waals surface area contributed by atoms with Crippen LogP contribution in [0.2, 0.25) is 0 Å². The van der Waals surface area contributed by atoms with Gasteiger partial charge < -0.3 is 9.32 Å². The van der Waals surface area contributed by atoms with E-state index in [-0.39, 0.29) is 16.9 Å². The molecule has 1 atom stereocenters. The minimum absolute atomic E-state index is 0.0692. The normalized spacial score (nSPS) is 15.1. The van der Waals surface area contributed by atoms with E-state index in [1.165, 1.54) is 36.0 Å². The van der Waals surface area contributed by atoms with E-state index in [4.69, 9.17) is 4.42 Å². The second kappa shape index (κ2) is 8.18. The van der Waals surface area contributed by atoms with E-state index >= 15 is 0 Å². The summed E-state index contributed by atoms with van der Waals surface area (Å²) in [6, 6.07) is 9.39. The van der Waals surface area contributed by atoms with Gasteiger partial charge in [-0.15, -0.1) is 10.2 Å². The van der Waals surface area contributed by atoms with Gasteiger partial charge in [-0.3, -0.25) is 9.36 Å². The number of hydrogen-bond acceptors (Lipinski definition) is 6. The lowest BCUT2D eigenvalue weighted by molar-refractivity contribution is 0.0994. The predicted octanol–water partition coefficient (Wildman–Crippen LogP) is 4.02. The topological polar surface area (TPSA) is 64.2 Å². The molecule has 1 fully saturated rings. The number of ketones is 1. The van der Waals surface area contributed by atoms with Gasteiger partial charge in [-0.1, -0.05) is 11.8 Å². The number of hydrogen-bond donors (Lipinski definition) is 0. The molecule has 3 aromatic rings. The van der Waals surface area contributed by atoms with E-state index in [1.807, 2.05) is 23.6 Å². The summed E-state index contributed by atoms with van der Waals surface area (Å²) in [5.41, 5.74) is 0.485. The van der Waals surface area contributed by atoms with Crippen LogP contribution in [-0.2, 0) is 6.54 Å². The third kappa shape index (κ3) is 3.96. The van der Waals surface area contributed by atoms with Crippen LogP contribution in [0.25, 0.3) is 0 Å². The smallest absolute Gasteiger partial charge is 0.228 e. The van der Waals surface area contributed by atoms with E-state index in [0.717, 1.165) is 37.6 Å². The van der Waals surface area contributed by atoms with Crippen LogP contribution >= 0.6 is 11.8 Å². The summed E-state index contributed by atoms with van der Waals surface area (Å²) in [6.45, 7) is 4.24. The van der Waals surface area contributed by atoms with Gasteiger partial charge in [0.15, 0.2) is 10.9 Å². The van der Waals surface area contributed by atoms with Crippen LogP contribution in [0.5, 0.6) is 0 Å². The third-order valence-corrected chi connectivity index (χ3v) is 5.84. The van der Waals surface area contributed by atoms with Crippen molar-refractivity contribution in [2.75, 3.05) is 18.0 Å². The van der Waals surface area contributed by atoms with Gasteiger partial charge in [-0.25, -0.2) is 4.39 Å². The molecule has 1 unspecified atom stereocenters. The quantitative estimate of drug-likeness (QED) is 0.441. The van der Waals surface area contributed by atoms with Crippen LogP contribution in [0.15, 0.2) is 52.2 Å². The van der Waals surface area contributed by atoms with Gasteiger partial charge in [0.2, 0.25) is 5.95 Å². The standard InChI is InChI=1S/C20H21FN4O2S/c1-14(18(26)15-6-8-16(21)9-7-15)28-20-23-22-19(24-10-2-3-11-24)25(20)13-17-5-4-12-27-17/h4-9,12,14H,2-3,10-11,13H2,1H3. The lowest BCUT2D eigenvalue weighted by atomic mass is 10.1. The van der Waals surface area contributed by atoms with Crippen molar-refractivity contribution in [2.24, 2.45) is 0 Å². The maximum absolute atomic E-state index is 13.1. The summed E-state index contributed by atoms with van der Waals surface area (Å²) < 4.78 is 20.6. The number of furan rings is 1.